The molecule has 0 bridgehead atoms. The number of carbonyl (C=O) groups is 1. The van der Waals surface area contributed by atoms with Crippen LogP contribution in [-0.2, 0) is 9.53 Å². The summed E-state index contributed by atoms with van der Waals surface area (Å²) in [5, 5.41) is 0. The number of morpholine rings is 1. The average molecular weight is 268 g/mol. The maximum Gasteiger partial charge on any atom is 0.223 e. The summed E-state index contributed by atoms with van der Waals surface area (Å²) in [7, 11) is 0. The van der Waals surface area contributed by atoms with Gasteiger partial charge < -0.3 is 15.4 Å². The Morgan fingerprint density at radius 3 is 2.63 bits per heavy atom. The highest BCUT2D eigenvalue weighted by molar-refractivity contribution is 5.77. The summed E-state index contributed by atoms with van der Waals surface area (Å²) in [5.74, 6) is 0.273. The van der Waals surface area contributed by atoms with Crippen molar-refractivity contribution >= 4 is 5.91 Å². The molecule has 1 saturated heterocycles. The van der Waals surface area contributed by atoms with Crippen LogP contribution in [0.25, 0.3) is 0 Å². The van der Waals surface area contributed by atoms with Gasteiger partial charge in [0, 0.05) is 13.0 Å². The van der Waals surface area contributed by atoms with Gasteiger partial charge in [-0.05, 0) is 38.6 Å². The third-order valence-corrected chi connectivity index (χ3v) is 4.80. The van der Waals surface area contributed by atoms with Crippen LogP contribution in [0.4, 0.5) is 0 Å². The maximum absolute atomic E-state index is 12.6. The van der Waals surface area contributed by atoms with Crippen molar-refractivity contribution in [3.63, 3.8) is 0 Å². The van der Waals surface area contributed by atoms with Crippen molar-refractivity contribution in [3.8, 4) is 0 Å². The van der Waals surface area contributed by atoms with Gasteiger partial charge in [0.25, 0.3) is 0 Å². The number of hydrogen-bond acceptors (Lipinski definition) is 3. The van der Waals surface area contributed by atoms with Crippen LogP contribution in [0.3, 0.4) is 0 Å². The van der Waals surface area contributed by atoms with Crippen LogP contribution in [0.1, 0.15) is 52.4 Å². The molecule has 0 aromatic heterocycles. The minimum Gasteiger partial charge on any atom is -0.375 e. The average Bonchev–Trinajstić information content (AvgIpc) is 2.42. The smallest absolute Gasteiger partial charge is 0.223 e. The molecule has 1 heterocycles. The zero-order valence-electron chi connectivity index (χ0n) is 12.4. The van der Waals surface area contributed by atoms with Crippen LogP contribution in [0.5, 0.6) is 0 Å². The Kier molecular flexibility index (Phi) is 4.85. The van der Waals surface area contributed by atoms with E-state index in [2.05, 4.69) is 6.92 Å². The molecule has 4 heteroatoms. The lowest BCUT2D eigenvalue weighted by atomic mass is 9.71. The Morgan fingerprint density at radius 2 is 2.00 bits per heavy atom. The zero-order chi connectivity index (χ0) is 13.9. The van der Waals surface area contributed by atoms with Crippen LogP contribution in [0.15, 0.2) is 0 Å². The van der Waals surface area contributed by atoms with Crippen LogP contribution < -0.4 is 5.73 Å². The first-order valence-electron chi connectivity index (χ1n) is 7.67. The topological polar surface area (TPSA) is 55.6 Å². The minimum atomic E-state index is 0.0661. The van der Waals surface area contributed by atoms with Gasteiger partial charge in [0.1, 0.15) is 0 Å². The molecule has 4 nitrogen and oxygen atoms in total. The lowest BCUT2D eigenvalue weighted by Gasteiger charge is -2.41. The van der Waals surface area contributed by atoms with E-state index < -0.39 is 0 Å². The van der Waals surface area contributed by atoms with E-state index in [0.717, 1.165) is 19.4 Å². The van der Waals surface area contributed by atoms with E-state index in [1.54, 1.807) is 0 Å². The summed E-state index contributed by atoms with van der Waals surface area (Å²) in [6.07, 6.45) is 6.74. The fraction of sp³-hybridized carbons (Fsp3) is 0.933. The Bertz CT molecular complexity index is 313. The molecule has 0 spiro atoms. The van der Waals surface area contributed by atoms with E-state index in [0.29, 0.717) is 19.6 Å². The van der Waals surface area contributed by atoms with Gasteiger partial charge >= 0.3 is 0 Å². The highest BCUT2D eigenvalue weighted by Gasteiger charge is 2.36. The zero-order valence-corrected chi connectivity index (χ0v) is 12.4. The molecular formula is C15H28N2O2. The van der Waals surface area contributed by atoms with Gasteiger partial charge in [-0.1, -0.05) is 19.3 Å². The van der Waals surface area contributed by atoms with Gasteiger partial charge in [0.15, 0.2) is 0 Å². The summed E-state index contributed by atoms with van der Waals surface area (Å²) in [4.78, 5) is 14.6. The van der Waals surface area contributed by atoms with E-state index in [4.69, 9.17) is 10.5 Å². The van der Waals surface area contributed by atoms with Gasteiger partial charge in [-0.25, -0.2) is 0 Å². The van der Waals surface area contributed by atoms with Crippen molar-refractivity contribution in [2.24, 2.45) is 11.1 Å². The molecule has 1 aliphatic heterocycles. The number of ether oxygens (including phenoxy) is 1. The second-order valence-electron chi connectivity index (χ2n) is 6.48. The molecule has 2 unspecified atom stereocenters. The third kappa shape index (κ3) is 3.48. The fourth-order valence-electron chi connectivity index (χ4n) is 3.43. The van der Waals surface area contributed by atoms with Gasteiger partial charge in [-0.2, -0.15) is 0 Å². The van der Waals surface area contributed by atoms with Crippen LogP contribution in [-0.4, -0.2) is 42.6 Å². The van der Waals surface area contributed by atoms with E-state index in [1.165, 1.54) is 19.3 Å². The summed E-state index contributed by atoms with van der Waals surface area (Å²) in [6.45, 7) is 6.13. The van der Waals surface area contributed by atoms with Crippen molar-refractivity contribution in [2.45, 2.75) is 64.5 Å². The van der Waals surface area contributed by atoms with Gasteiger partial charge in [-0.3, -0.25) is 4.79 Å². The molecule has 2 atom stereocenters. The number of rotatable bonds is 3. The molecule has 2 rings (SSSR count). The normalized spacial score (nSPS) is 31.2. The number of nitrogens with zero attached hydrogens (tertiary/aromatic N) is 1. The van der Waals surface area contributed by atoms with E-state index in [1.807, 2.05) is 11.8 Å². The Labute approximate surface area is 116 Å². The molecule has 0 aromatic carbocycles. The molecule has 0 aromatic rings. The second kappa shape index (κ2) is 6.23. The fourth-order valence-corrected chi connectivity index (χ4v) is 3.43. The Balaban J connectivity index is 1.98. The highest BCUT2D eigenvalue weighted by atomic mass is 16.5. The van der Waals surface area contributed by atoms with Crippen molar-refractivity contribution in [2.75, 3.05) is 19.7 Å². The monoisotopic (exact) mass is 268 g/mol. The van der Waals surface area contributed by atoms with Crippen molar-refractivity contribution < 1.29 is 9.53 Å². The number of hydrogen-bond donors (Lipinski definition) is 1. The predicted octanol–water partition coefficient (Wildman–Crippen LogP) is 1.92. The molecule has 110 valence electrons. The quantitative estimate of drug-likeness (QED) is 0.851. The predicted molar refractivity (Wildman–Crippen MR) is 75.8 cm³/mol. The molecule has 2 fully saturated rings. The third-order valence-electron chi connectivity index (χ3n) is 4.80. The van der Waals surface area contributed by atoms with Crippen LogP contribution in [0, 0.1) is 5.41 Å². The first-order chi connectivity index (χ1) is 9.06. The van der Waals surface area contributed by atoms with Crippen LogP contribution in [0.2, 0.25) is 0 Å². The first-order valence-corrected chi connectivity index (χ1v) is 7.67. The number of nitrogens with two attached hydrogens (primary N) is 1. The molecular weight excluding hydrogens is 240 g/mol. The SMILES string of the molecule is CC1CN(C(=O)CC2(CN)CCCCC2)C(C)CO1. The molecule has 2 N–H and O–H groups in total. The van der Waals surface area contributed by atoms with Crippen molar-refractivity contribution in [1.29, 1.82) is 0 Å². The van der Waals surface area contributed by atoms with E-state index >= 15 is 0 Å². The summed E-state index contributed by atoms with van der Waals surface area (Å²) in [6, 6.07) is 0.196. The second-order valence-corrected chi connectivity index (χ2v) is 6.48. The van der Waals surface area contributed by atoms with Crippen molar-refractivity contribution in [3.05, 3.63) is 0 Å². The molecule has 1 amide bonds. The summed E-state index contributed by atoms with van der Waals surface area (Å²) >= 11 is 0. The lowest BCUT2D eigenvalue weighted by Crippen LogP contribution is -2.52. The Morgan fingerprint density at radius 1 is 1.32 bits per heavy atom. The standard InChI is InChI=1S/C15H28N2O2/c1-12-10-19-13(2)9-17(12)14(18)8-15(11-16)6-4-3-5-7-15/h12-13H,3-11,16H2,1-2H3. The Hall–Kier alpha value is -0.610. The van der Waals surface area contributed by atoms with Crippen LogP contribution >= 0.6 is 0 Å². The largest absolute Gasteiger partial charge is 0.375 e. The van der Waals surface area contributed by atoms with Gasteiger partial charge in [0.2, 0.25) is 5.91 Å². The molecule has 1 saturated carbocycles. The van der Waals surface area contributed by atoms with Gasteiger partial charge in [0.05, 0.1) is 18.8 Å². The van der Waals surface area contributed by atoms with E-state index in [9.17, 15) is 4.79 Å². The number of carbonyl (C=O) groups excluding carboxylic acids is 1. The highest BCUT2D eigenvalue weighted by Crippen LogP contribution is 2.39. The summed E-state index contributed by atoms with van der Waals surface area (Å²) < 4.78 is 5.59. The molecule has 19 heavy (non-hydrogen) atoms. The van der Waals surface area contributed by atoms with E-state index in [-0.39, 0.29) is 23.5 Å². The molecule has 2 aliphatic rings. The lowest BCUT2D eigenvalue weighted by molar-refractivity contribution is -0.146. The summed E-state index contributed by atoms with van der Waals surface area (Å²) in [5.41, 5.74) is 6.05. The molecule has 1 aliphatic carbocycles. The number of amides is 1. The first kappa shape index (κ1) is 14.8. The molecule has 0 radical (unpaired) electrons. The minimum absolute atomic E-state index is 0.0661. The van der Waals surface area contributed by atoms with Crippen molar-refractivity contribution in [1.82, 2.24) is 4.90 Å². The van der Waals surface area contributed by atoms with Gasteiger partial charge in [-0.15, -0.1) is 0 Å². The maximum atomic E-state index is 12.6.